The van der Waals surface area contributed by atoms with Crippen molar-refractivity contribution in [3.8, 4) is 0 Å². The molecule has 0 amide bonds. The molecule has 0 aliphatic carbocycles. The molecule has 116 valence electrons. The molecule has 0 spiro atoms. The van der Waals surface area contributed by atoms with Crippen molar-refractivity contribution in [2.45, 2.75) is 50.2 Å². The van der Waals surface area contributed by atoms with Gasteiger partial charge in [0.1, 0.15) is 0 Å². The Hall–Kier alpha value is -0.670. The van der Waals surface area contributed by atoms with Crippen LogP contribution in [-0.2, 0) is 11.5 Å². The zero-order valence-electron chi connectivity index (χ0n) is 13.9. The summed E-state index contributed by atoms with van der Waals surface area (Å²) in [5.74, 6) is 3.06. The number of benzene rings is 1. The van der Waals surface area contributed by atoms with Gasteiger partial charge < -0.3 is 9.80 Å². The topological polar surface area (TPSA) is 6.48 Å². The molecule has 0 saturated carbocycles. The second-order valence-electron chi connectivity index (χ2n) is 6.96. The van der Waals surface area contributed by atoms with E-state index in [1.807, 2.05) is 0 Å². The summed E-state index contributed by atoms with van der Waals surface area (Å²) in [6.07, 6.45) is 2.59. The van der Waals surface area contributed by atoms with Crippen molar-refractivity contribution in [3.63, 3.8) is 0 Å². The minimum absolute atomic E-state index is 0.644. The fourth-order valence-electron chi connectivity index (χ4n) is 3.75. The van der Waals surface area contributed by atoms with Crippen molar-refractivity contribution in [2.24, 2.45) is 0 Å². The number of rotatable bonds is 3. The van der Waals surface area contributed by atoms with Crippen LogP contribution in [0.3, 0.4) is 0 Å². The van der Waals surface area contributed by atoms with E-state index in [0.29, 0.717) is 5.92 Å². The lowest BCUT2D eigenvalue weighted by atomic mass is 9.92. The predicted molar refractivity (Wildman–Crippen MR) is 94.5 cm³/mol. The van der Waals surface area contributed by atoms with E-state index < -0.39 is 0 Å². The number of thioether (sulfide) groups is 1. The summed E-state index contributed by atoms with van der Waals surface area (Å²) < 4.78 is 0. The number of fused-ring (bicyclic) bond motifs is 1. The average molecular weight is 305 g/mol. The molecule has 2 aliphatic rings. The zero-order chi connectivity index (χ0) is 15.0. The van der Waals surface area contributed by atoms with E-state index in [-0.39, 0.29) is 0 Å². The molecule has 2 heterocycles. The highest BCUT2D eigenvalue weighted by Gasteiger charge is 2.26. The number of anilines is 1. The summed E-state index contributed by atoms with van der Waals surface area (Å²) in [7, 11) is 4.43. The lowest BCUT2D eigenvalue weighted by Gasteiger charge is -2.37. The van der Waals surface area contributed by atoms with E-state index in [9.17, 15) is 0 Å². The molecular formula is C18H28N2S. The van der Waals surface area contributed by atoms with E-state index in [2.05, 4.69) is 61.6 Å². The van der Waals surface area contributed by atoms with Crippen molar-refractivity contribution >= 4 is 17.4 Å². The number of hydrogen-bond donors (Lipinski definition) is 0. The van der Waals surface area contributed by atoms with E-state index in [1.54, 1.807) is 16.7 Å². The molecular weight excluding hydrogens is 276 g/mol. The van der Waals surface area contributed by atoms with Crippen molar-refractivity contribution < 1.29 is 0 Å². The molecule has 2 nitrogen and oxygen atoms in total. The predicted octanol–water partition coefficient (Wildman–Crippen LogP) is 4.09. The largest absolute Gasteiger partial charge is 0.371 e. The maximum Gasteiger partial charge on any atom is 0.0410 e. The Balaban J connectivity index is 1.83. The number of hydrogen-bond acceptors (Lipinski definition) is 3. The third kappa shape index (κ3) is 2.95. The van der Waals surface area contributed by atoms with E-state index in [1.165, 1.54) is 43.1 Å². The maximum atomic E-state index is 2.63. The molecule has 2 aliphatic heterocycles. The van der Waals surface area contributed by atoms with Crippen LogP contribution in [0.5, 0.6) is 0 Å². The van der Waals surface area contributed by atoms with Gasteiger partial charge in [-0.2, -0.15) is 11.8 Å². The fourth-order valence-corrected chi connectivity index (χ4v) is 4.92. The minimum atomic E-state index is 0.644. The molecule has 0 bridgehead atoms. The summed E-state index contributed by atoms with van der Waals surface area (Å²) in [6, 6.07) is 5.55. The molecule has 3 rings (SSSR count). The molecule has 0 radical (unpaired) electrons. The summed E-state index contributed by atoms with van der Waals surface area (Å²) in [5.41, 5.74) is 6.37. The molecule has 1 aromatic rings. The second-order valence-corrected chi connectivity index (χ2v) is 7.95. The van der Waals surface area contributed by atoms with Gasteiger partial charge in [-0.25, -0.2) is 0 Å². The third-order valence-electron chi connectivity index (χ3n) is 5.09. The van der Waals surface area contributed by atoms with Crippen LogP contribution in [0.1, 0.15) is 49.3 Å². The van der Waals surface area contributed by atoms with Gasteiger partial charge in [-0.15, -0.1) is 0 Å². The fraction of sp³-hybridized carbons (Fsp3) is 0.667. The molecule has 1 saturated heterocycles. The van der Waals surface area contributed by atoms with Crippen LogP contribution in [0.4, 0.5) is 5.69 Å². The Kier molecular flexibility index (Phi) is 4.51. The first-order valence-corrected chi connectivity index (χ1v) is 9.37. The smallest absolute Gasteiger partial charge is 0.0410 e. The highest BCUT2D eigenvalue weighted by Crippen LogP contribution is 2.41. The van der Waals surface area contributed by atoms with Gasteiger partial charge in [-0.05, 0) is 55.6 Å². The normalized spacial score (nSPS) is 19.6. The first kappa shape index (κ1) is 15.2. The van der Waals surface area contributed by atoms with Crippen LogP contribution in [0, 0.1) is 0 Å². The highest BCUT2D eigenvalue weighted by molar-refractivity contribution is 7.98. The number of piperidine rings is 1. The van der Waals surface area contributed by atoms with Crippen LogP contribution >= 0.6 is 11.8 Å². The van der Waals surface area contributed by atoms with Gasteiger partial charge >= 0.3 is 0 Å². The van der Waals surface area contributed by atoms with Gasteiger partial charge in [0.05, 0.1) is 0 Å². The molecule has 3 heteroatoms. The lowest BCUT2D eigenvalue weighted by molar-refractivity contribution is 0.249. The molecule has 0 unspecified atom stereocenters. The molecule has 21 heavy (non-hydrogen) atoms. The highest BCUT2D eigenvalue weighted by atomic mass is 32.2. The quantitative estimate of drug-likeness (QED) is 0.830. The first-order valence-electron chi connectivity index (χ1n) is 8.21. The molecule has 1 fully saturated rings. The van der Waals surface area contributed by atoms with Gasteiger partial charge in [0, 0.05) is 36.3 Å². The Labute approximate surface area is 133 Å². The zero-order valence-corrected chi connectivity index (χ0v) is 14.7. The van der Waals surface area contributed by atoms with E-state index in [0.717, 1.165) is 6.04 Å². The standard InChI is InChI=1S/C18H28N2S/c1-13(2)15-5-6-18(17-12-21-11-16(15)17)20-9-7-14(8-10-20)19(3)4/h5-6,13-14H,7-12H2,1-4H3. The Morgan fingerprint density at radius 3 is 2.38 bits per heavy atom. The Morgan fingerprint density at radius 1 is 1.10 bits per heavy atom. The molecule has 0 N–H and O–H groups in total. The molecule has 0 atom stereocenters. The lowest BCUT2D eigenvalue weighted by Crippen LogP contribution is -2.42. The molecule has 0 aromatic heterocycles. The van der Waals surface area contributed by atoms with Crippen LogP contribution in [0.15, 0.2) is 12.1 Å². The number of nitrogens with zero attached hydrogens (tertiary/aromatic N) is 2. The Morgan fingerprint density at radius 2 is 1.76 bits per heavy atom. The van der Waals surface area contributed by atoms with Crippen LogP contribution < -0.4 is 4.90 Å². The van der Waals surface area contributed by atoms with Crippen LogP contribution in [0.2, 0.25) is 0 Å². The van der Waals surface area contributed by atoms with Crippen molar-refractivity contribution in [2.75, 3.05) is 32.1 Å². The van der Waals surface area contributed by atoms with Crippen LogP contribution in [0.25, 0.3) is 0 Å². The second kappa shape index (κ2) is 6.21. The Bertz CT molecular complexity index is 502. The maximum absolute atomic E-state index is 2.63. The van der Waals surface area contributed by atoms with E-state index >= 15 is 0 Å². The molecule has 1 aromatic carbocycles. The summed E-state index contributed by atoms with van der Waals surface area (Å²) in [5, 5.41) is 0. The van der Waals surface area contributed by atoms with Gasteiger partial charge in [0.15, 0.2) is 0 Å². The first-order chi connectivity index (χ1) is 10.1. The summed E-state index contributed by atoms with van der Waals surface area (Å²) >= 11 is 2.08. The third-order valence-corrected chi connectivity index (χ3v) is 6.08. The SMILES string of the molecule is CC(C)c1ccc(N2CCC(N(C)C)CC2)c2c1CSC2. The van der Waals surface area contributed by atoms with Gasteiger partial charge in [0.2, 0.25) is 0 Å². The van der Waals surface area contributed by atoms with Gasteiger partial charge in [-0.3, -0.25) is 0 Å². The average Bonchev–Trinajstić information content (AvgIpc) is 2.95. The monoisotopic (exact) mass is 304 g/mol. The van der Waals surface area contributed by atoms with Crippen molar-refractivity contribution in [1.82, 2.24) is 4.90 Å². The minimum Gasteiger partial charge on any atom is -0.371 e. The van der Waals surface area contributed by atoms with Gasteiger partial charge in [0.25, 0.3) is 0 Å². The van der Waals surface area contributed by atoms with Gasteiger partial charge in [-0.1, -0.05) is 19.9 Å². The van der Waals surface area contributed by atoms with E-state index in [4.69, 9.17) is 0 Å². The summed E-state index contributed by atoms with van der Waals surface area (Å²) in [6.45, 7) is 7.06. The van der Waals surface area contributed by atoms with Crippen LogP contribution in [-0.4, -0.2) is 38.1 Å². The van der Waals surface area contributed by atoms with Crippen molar-refractivity contribution in [1.29, 1.82) is 0 Å². The summed E-state index contributed by atoms with van der Waals surface area (Å²) in [4.78, 5) is 5.02. The van der Waals surface area contributed by atoms with Crippen molar-refractivity contribution in [3.05, 3.63) is 28.8 Å².